The van der Waals surface area contributed by atoms with Crippen LogP contribution in [0, 0.1) is 5.82 Å². The van der Waals surface area contributed by atoms with E-state index in [1.807, 2.05) is 0 Å². The molecule has 4 rings (SSSR count). The van der Waals surface area contributed by atoms with Gasteiger partial charge in [-0.1, -0.05) is 0 Å². The number of pyridine rings is 1. The number of hydrogen-bond acceptors (Lipinski definition) is 4. The standard InChI is InChI=1S/C21H14F4N4O2/c1-31-14-6-7-18-17(10-14)28-20(21(23,24)25)29(18)13-4-2-12(3-5-13)27-19(30)15-8-9-26-11-16(15)22/h2-11H,1H3,(H,27,30). The number of anilines is 1. The number of methoxy groups -OCH3 is 1. The first-order valence-corrected chi connectivity index (χ1v) is 8.93. The summed E-state index contributed by atoms with van der Waals surface area (Å²) in [6.45, 7) is 0. The number of rotatable bonds is 4. The summed E-state index contributed by atoms with van der Waals surface area (Å²) < 4.78 is 60.6. The van der Waals surface area contributed by atoms with Crippen molar-refractivity contribution in [3.63, 3.8) is 0 Å². The molecule has 0 aliphatic carbocycles. The molecule has 0 aliphatic heterocycles. The number of carbonyl (C=O) groups excluding carboxylic acids is 1. The fraction of sp³-hybridized carbons (Fsp3) is 0.0952. The first kappa shape index (κ1) is 20.3. The van der Waals surface area contributed by atoms with Gasteiger partial charge in [-0.05, 0) is 42.5 Å². The number of nitrogens with zero attached hydrogens (tertiary/aromatic N) is 3. The topological polar surface area (TPSA) is 69.0 Å². The third kappa shape index (κ3) is 3.91. The first-order valence-electron chi connectivity index (χ1n) is 8.93. The van der Waals surface area contributed by atoms with E-state index < -0.39 is 23.7 Å². The van der Waals surface area contributed by atoms with E-state index in [2.05, 4.69) is 15.3 Å². The Hall–Kier alpha value is -3.95. The highest BCUT2D eigenvalue weighted by Crippen LogP contribution is 2.35. The van der Waals surface area contributed by atoms with E-state index >= 15 is 0 Å². The first-order chi connectivity index (χ1) is 14.8. The number of ether oxygens (including phenoxy) is 1. The number of carbonyl (C=O) groups is 1. The average Bonchev–Trinajstić information content (AvgIpc) is 3.14. The number of nitrogens with one attached hydrogen (secondary N) is 1. The lowest BCUT2D eigenvalue weighted by Crippen LogP contribution is -2.15. The van der Waals surface area contributed by atoms with E-state index in [1.165, 1.54) is 55.8 Å². The third-order valence-electron chi connectivity index (χ3n) is 4.52. The van der Waals surface area contributed by atoms with Crippen LogP contribution in [0.2, 0.25) is 0 Å². The van der Waals surface area contributed by atoms with Crippen molar-refractivity contribution in [1.29, 1.82) is 0 Å². The highest BCUT2D eigenvalue weighted by Gasteiger charge is 2.38. The normalized spacial score (nSPS) is 11.5. The van der Waals surface area contributed by atoms with Crippen LogP contribution in [0.15, 0.2) is 60.9 Å². The lowest BCUT2D eigenvalue weighted by molar-refractivity contribution is -0.145. The predicted molar refractivity (Wildman–Crippen MR) is 105 cm³/mol. The molecule has 158 valence electrons. The van der Waals surface area contributed by atoms with Crippen LogP contribution in [0.1, 0.15) is 16.2 Å². The minimum atomic E-state index is -4.70. The fourth-order valence-electron chi connectivity index (χ4n) is 3.09. The summed E-state index contributed by atoms with van der Waals surface area (Å²) >= 11 is 0. The van der Waals surface area contributed by atoms with Gasteiger partial charge in [0.05, 0.1) is 29.9 Å². The van der Waals surface area contributed by atoms with Crippen molar-refractivity contribution in [3.8, 4) is 11.4 Å². The van der Waals surface area contributed by atoms with Crippen LogP contribution >= 0.6 is 0 Å². The van der Waals surface area contributed by atoms with Gasteiger partial charge in [0.15, 0.2) is 5.82 Å². The van der Waals surface area contributed by atoms with Crippen molar-refractivity contribution < 1.29 is 27.1 Å². The number of aromatic nitrogens is 3. The van der Waals surface area contributed by atoms with Gasteiger partial charge in [0.1, 0.15) is 5.75 Å². The number of halogens is 4. The highest BCUT2D eigenvalue weighted by atomic mass is 19.4. The number of amides is 1. The van der Waals surface area contributed by atoms with E-state index in [4.69, 9.17) is 4.74 Å². The van der Waals surface area contributed by atoms with Gasteiger partial charge >= 0.3 is 6.18 Å². The van der Waals surface area contributed by atoms with Gasteiger partial charge < -0.3 is 10.1 Å². The summed E-state index contributed by atoms with van der Waals surface area (Å²) in [6.07, 6.45) is -2.51. The van der Waals surface area contributed by atoms with E-state index in [9.17, 15) is 22.4 Å². The van der Waals surface area contributed by atoms with E-state index in [-0.39, 0.29) is 28.0 Å². The van der Waals surface area contributed by atoms with Gasteiger partial charge in [-0.3, -0.25) is 14.3 Å². The van der Waals surface area contributed by atoms with Crippen LogP contribution in [0.5, 0.6) is 5.75 Å². The lowest BCUT2D eigenvalue weighted by atomic mass is 10.2. The van der Waals surface area contributed by atoms with E-state index in [1.54, 1.807) is 6.07 Å². The van der Waals surface area contributed by atoms with Crippen molar-refractivity contribution in [2.24, 2.45) is 0 Å². The molecule has 0 unspecified atom stereocenters. The van der Waals surface area contributed by atoms with Crippen molar-refractivity contribution in [1.82, 2.24) is 14.5 Å². The van der Waals surface area contributed by atoms with Gasteiger partial charge in [0.25, 0.3) is 5.91 Å². The van der Waals surface area contributed by atoms with Gasteiger partial charge in [-0.25, -0.2) is 9.37 Å². The summed E-state index contributed by atoms with van der Waals surface area (Å²) in [5, 5.41) is 2.50. The Bertz CT molecular complexity index is 1270. The molecule has 0 aliphatic rings. The van der Waals surface area contributed by atoms with Crippen molar-refractivity contribution >= 4 is 22.6 Å². The summed E-state index contributed by atoms with van der Waals surface area (Å²) in [5.74, 6) is -2.20. The molecule has 2 heterocycles. The molecule has 0 atom stereocenters. The molecule has 0 spiro atoms. The summed E-state index contributed by atoms with van der Waals surface area (Å²) in [5.41, 5.74) is 0.631. The molecule has 2 aromatic carbocycles. The molecule has 0 bridgehead atoms. The third-order valence-corrected chi connectivity index (χ3v) is 4.52. The number of imidazole rings is 1. The van der Waals surface area contributed by atoms with Crippen molar-refractivity contribution in [2.45, 2.75) is 6.18 Å². The maximum Gasteiger partial charge on any atom is 0.450 e. The molecule has 4 aromatic rings. The maximum atomic E-state index is 13.7. The molecular weight excluding hydrogens is 416 g/mol. The second kappa shape index (κ2) is 7.71. The van der Waals surface area contributed by atoms with E-state index in [0.29, 0.717) is 5.75 Å². The Labute approximate surface area is 173 Å². The van der Waals surface area contributed by atoms with Crippen LogP contribution in [-0.4, -0.2) is 27.6 Å². The van der Waals surface area contributed by atoms with Gasteiger partial charge in [0, 0.05) is 23.6 Å². The zero-order valence-electron chi connectivity index (χ0n) is 15.9. The highest BCUT2D eigenvalue weighted by molar-refractivity contribution is 6.04. The Morgan fingerprint density at radius 1 is 1.10 bits per heavy atom. The molecule has 0 saturated carbocycles. The van der Waals surface area contributed by atoms with Crippen LogP contribution in [-0.2, 0) is 6.18 Å². The number of benzene rings is 2. The molecule has 31 heavy (non-hydrogen) atoms. The van der Waals surface area contributed by atoms with Crippen LogP contribution in [0.4, 0.5) is 23.2 Å². The summed E-state index contributed by atoms with van der Waals surface area (Å²) in [4.78, 5) is 19.5. The molecule has 1 N–H and O–H groups in total. The number of hydrogen-bond donors (Lipinski definition) is 1. The van der Waals surface area contributed by atoms with Crippen LogP contribution in [0.25, 0.3) is 16.7 Å². The number of alkyl halides is 3. The Balaban J connectivity index is 1.70. The predicted octanol–water partition coefficient (Wildman–Crippen LogP) is 4.84. The minimum Gasteiger partial charge on any atom is -0.497 e. The van der Waals surface area contributed by atoms with Crippen LogP contribution < -0.4 is 10.1 Å². The molecule has 1 amide bonds. The quantitative estimate of drug-likeness (QED) is 0.471. The Morgan fingerprint density at radius 2 is 1.84 bits per heavy atom. The van der Waals surface area contributed by atoms with Crippen LogP contribution in [0.3, 0.4) is 0 Å². The van der Waals surface area contributed by atoms with E-state index in [0.717, 1.165) is 10.8 Å². The zero-order valence-corrected chi connectivity index (χ0v) is 15.9. The second-order valence-electron chi connectivity index (χ2n) is 6.48. The summed E-state index contributed by atoms with van der Waals surface area (Å²) in [7, 11) is 1.41. The van der Waals surface area contributed by atoms with Crippen molar-refractivity contribution in [2.75, 3.05) is 12.4 Å². The summed E-state index contributed by atoms with van der Waals surface area (Å²) in [6, 6.07) is 11.3. The maximum absolute atomic E-state index is 13.7. The second-order valence-corrected chi connectivity index (χ2v) is 6.48. The molecule has 2 aromatic heterocycles. The zero-order chi connectivity index (χ0) is 22.2. The molecule has 10 heteroatoms. The monoisotopic (exact) mass is 430 g/mol. The largest absolute Gasteiger partial charge is 0.497 e. The molecule has 6 nitrogen and oxygen atoms in total. The van der Waals surface area contributed by atoms with Gasteiger partial charge in [-0.15, -0.1) is 0 Å². The Morgan fingerprint density at radius 3 is 2.48 bits per heavy atom. The fourth-order valence-corrected chi connectivity index (χ4v) is 3.09. The Kier molecular flexibility index (Phi) is 5.05. The molecule has 0 radical (unpaired) electrons. The lowest BCUT2D eigenvalue weighted by Gasteiger charge is -2.12. The smallest absolute Gasteiger partial charge is 0.450 e. The average molecular weight is 430 g/mol. The van der Waals surface area contributed by atoms with Crippen molar-refractivity contribution in [3.05, 3.63) is 78.1 Å². The molecule has 0 saturated heterocycles. The SMILES string of the molecule is COc1ccc2c(c1)nc(C(F)(F)F)n2-c1ccc(NC(=O)c2ccncc2F)cc1. The van der Waals surface area contributed by atoms with Gasteiger partial charge in [-0.2, -0.15) is 13.2 Å². The molecule has 0 fully saturated rings. The van der Waals surface area contributed by atoms with Gasteiger partial charge in [0.2, 0.25) is 5.82 Å². The molecular formula is C21H14F4N4O2. The minimum absolute atomic E-state index is 0.122. The number of fused-ring (bicyclic) bond motifs is 1.